The minimum absolute atomic E-state index is 0.0329. The van der Waals surface area contributed by atoms with Crippen molar-refractivity contribution >= 4 is 54.6 Å². The number of aliphatic imine (C=N–C) groups is 1. The number of fused-ring (bicyclic) bond motifs is 1. The van der Waals surface area contributed by atoms with Crippen molar-refractivity contribution in [3.05, 3.63) is 74.8 Å². The summed E-state index contributed by atoms with van der Waals surface area (Å²) in [6.07, 6.45) is 4.18. The van der Waals surface area contributed by atoms with E-state index in [4.69, 9.17) is 16.6 Å². The van der Waals surface area contributed by atoms with Crippen LogP contribution in [0.3, 0.4) is 0 Å². The Balaban J connectivity index is 1.39. The Morgan fingerprint density at radius 2 is 1.91 bits per heavy atom. The molecule has 6 rings (SSSR count). The third kappa shape index (κ3) is 6.29. The number of rotatable bonds is 9. The van der Waals surface area contributed by atoms with Crippen molar-refractivity contribution in [1.29, 1.82) is 0 Å². The lowest BCUT2D eigenvalue weighted by Gasteiger charge is -2.32. The molecular formula is C25H26ClF3N8O4S3. The zero-order valence-electron chi connectivity index (χ0n) is 22.9. The lowest BCUT2D eigenvalue weighted by atomic mass is 9.92. The number of benzene rings is 1. The SMILES string of the molecule is CS(=O)(=O)NC1CCN(S(=O)(=O)N[C@H]2CC3=C(c4ccn(C(F)F)n4)[C@H](c4ccc(F)cc4Cl)N=C(c4nccs4)N3C2)C1. The van der Waals surface area contributed by atoms with Gasteiger partial charge in [0.15, 0.2) is 10.8 Å². The molecule has 2 N–H and O–H groups in total. The first-order chi connectivity index (χ1) is 20.8. The number of hydrogen-bond acceptors (Lipinski definition) is 9. The highest BCUT2D eigenvalue weighted by molar-refractivity contribution is 7.88. The molecule has 3 atom stereocenters. The van der Waals surface area contributed by atoms with E-state index in [-0.39, 0.29) is 36.8 Å². The maximum atomic E-state index is 14.0. The molecule has 0 aliphatic carbocycles. The Morgan fingerprint density at radius 1 is 1.11 bits per heavy atom. The average Bonchev–Trinajstić information content (AvgIpc) is 3.74. The number of nitrogens with zero attached hydrogens (tertiary/aromatic N) is 6. The van der Waals surface area contributed by atoms with Gasteiger partial charge in [-0.15, -0.1) is 11.3 Å². The van der Waals surface area contributed by atoms with Gasteiger partial charge in [0.1, 0.15) is 11.9 Å². The van der Waals surface area contributed by atoms with Crippen molar-refractivity contribution in [2.45, 2.75) is 37.5 Å². The molecule has 44 heavy (non-hydrogen) atoms. The second-order valence-corrected chi connectivity index (χ2v) is 15.3. The van der Waals surface area contributed by atoms with E-state index in [9.17, 15) is 30.0 Å². The van der Waals surface area contributed by atoms with Crippen LogP contribution in [0.5, 0.6) is 0 Å². The number of halogens is 4. The van der Waals surface area contributed by atoms with Gasteiger partial charge in [0.25, 0.3) is 10.2 Å². The molecule has 0 radical (unpaired) electrons. The van der Waals surface area contributed by atoms with Gasteiger partial charge in [-0.2, -0.15) is 31.3 Å². The van der Waals surface area contributed by atoms with Crippen LogP contribution in [0.25, 0.3) is 5.57 Å². The van der Waals surface area contributed by atoms with Gasteiger partial charge in [-0.05, 0) is 24.6 Å². The Labute approximate surface area is 260 Å². The number of aromatic nitrogens is 3. The molecular weight excluding hydrogens is 665 g/mol. The summed E-state index contributed by atoms with van der Waals surface area (Å²) in [4.78, 5) is 11.1. The van der Waals surface area contributed by atoms with Crippen LogP contribution in [0, 0.1) is 5.82 Å². The lowest BCUT2D eigenvalue weighted by molar-refractivity contribution is 0.0564. The molecule has 0 bridgehead atoms. The summed E-state index contributed by atoms with van der Waals surface area (Å²) in [6, 6.07) is 3.10. The molecule has 236 valence electrons. The van der Waals surface area contributed by atoms with Crippen LogP contribution in [0.4, 0.5) is 13.2 Å². The van der Waals surface area contributed by atoms with E-state index in [1.54, 1.807) is 16.5 Å². The van der Waals surface area contributed by atoms with Crippen LogP contribution in [0.1, 0.15) is 41.7 Å². The van der Waals surface area contributed by atoms with Gasteiger partial charge in [0.2, 0.25) is 10.0 Å². The molecule has 5 heterocycles. The van der Waals surface area contributed by atoms with Crippen LogP contribution in [-0.4, -0.2) is 84.6 Å². The molecule has 1 aromatic carbocycles. The van der Waals surface area contributed by atoms with Crippen LogP contribution < -0.4 is 9.44 Å². The molecule has 2 fully saturated rings. The highest BCUT2D eigenvalue weighted by atomic mass is 35.5. The summed E-state index contributed by atoms with van der Waals surface area (Å²) in [5, 5.41) is 6.44. The number of thiazole rings is 1. The molecule has 12 nitrogen and oxygen atoms in total. The van der Waals surface area contributed by atoms with Gasteiger partial charge in [0, 0.05) is 77.8 Å². The Kier molecular flexibility index (Phi) is 8.35. The fraction of sp³-hybridized carbons (Fsp3) is 0.400. The van der Waals surface area contributed by atoms with Crippen molar-refractivity contribution in [3.63, 3.8) is 0 Å². The Hall–Kier alpha value is -2.87. The topological polar surface area (TPSA) is 142 Å². The van der Waals surface area contributed by atoms with E-state index < -0.39 is 50.7 Å². The van der Waals surface area contributed by atoms with Crippen LogP contribution in [-0.2, 0) is 20.2 Å². The van der Waals surface area contributed by atoms with E-state index in [1.807, 2.05) is 0 Å². The monoisotopic (exact) mass is 690 g/mol. The lowest BCUT2D eigenvalue weighted by Crippen LogP contribution is -2.47. The van der Waals surface area contributed by atoms with E-state index in [2.05, 4.69) is 19.5 Å². The van der Waals surface area contributed by atoms with Crippen LogP contribution in [0.15, 0.2) is 52.7 Å². The number of nitrogens with one attached hydrogen (secondary N) is 2. The molecule has 3 aromatic rings. The molecule has 19 heteroatoms. The first kappa shape index (κ1) is 31.1. The number of alkyl halides is 2. The third-order valence-corrected chi connectivity index (χ3v) is 10.9. The van der Waals surface area contributed by atoms with Gasteiger partial charge in [-0.1, -0.05) is 17.7 Å². The van der Waals surface area contributed by atoms with Crippen LogP contribution in [0.2, 0.25) is 5.02 Å². The van der Waals surface area contributed by atoms with Crippen molar-refractivity contribution in [1.82, 2.24) is 33.4 Å². The van der Waals surface area contributed by atoms with Gasteiger partial charge in [-0.3, -0.25) is 4.99 Å². The minimum atomic E-state index is -4.05. The fourth-order valence-corrected chi connectivity index (χ4v) is 8.82. The third-order valence-electron chi connectivity index (χ3n) is 7.41. The first-order valence-corrected chi connectivity index (χ1v) is 17.9. The normalized spacial score (nSPS) is 23.1. The summed E-state index contributed by atoms with van der Waals surface area (Å²) in [6.45, 7) is -2.68. The summed E-state index contributed by atoms with van der Waals surface area (Å²) in [5.41, 5.74) is 1.57. The Morgan fingerprint density at radius 3 is 2.57 bits per heavy atom. The molecule has 3 aliphatic heterocycles. The fourth-order valence-electron chi connectivity index (χ4n) is 5.66. The summed E-state index contributed by atoms with van der Waals surface area (Å²) < 4.78 is 98.2. The van der Waals surface area contributed by atoms with Gasteiger partial charge >= 0.3 is 6.55 Å². The van der Waals surface area contributed by atoms with Crippen LogP contribution >= 0.6 is 22.9 Å². The van der Waals surface area contributed by atoms with E-state index in [0.29, 0.717) is 38.8 Å². The molecule has 1 unspecified atom stereocenters. The van der Waals surface area contributed by atoms with E-state index in [0.717, 1.165) is 18.5 Å². The molecule has 2 saturated heterocycles. The van der Waals surface area contributed by atoms with E-state index >= 15 is 0 Å². The maximum Gasteiger partial charge on any atom is 0.333 e. The standard InChI is InChI=1S/C25H26ClF3N8O4S3/c1-43(38,39)33-15-4-7-35(12-15)44(40,41)34-16-11-20-21(19-5-8-37(32-19)25(28)29)22(17-3-2-14(27)10-18(17)26)31-23(36(20)13-16)24-30-6-9-42-24/h2-3,5-6,8-10,15-16,22,25,33-34H,4,7,11-13H2,1H3/t15?,16-,22-/m0/s1. The second-order valence-electron chi connectivity index (χ2n) is 10.5. The predicted molar refractivity (Wildman–Crippen MR) is 158 cm³/mol. The average molecular weight is 691 g/mol. The minimum Gasteiger partial charge on any atom is -0.326 e. The zero-order chi connectivity index (χ0) is 31.4. The van der Waals surface area contributed by atoms with Crippen molar-refractivity contribution in [2.24, 2.45) is 4.99 Å². The molecule has 3 aliphatic rings. The molecule has 2 aromatic heterocycles. The van der Waals surface area contributed by atoms with Crippen molar-refractivity contribution in [2.75, 3.05) is 25.9 Å². The second kappa shape index (κ2) is 11.8. The van der Waals surface area contributed by atoms with Gasteiger partial charge in [-0.25, -0.2) is 27.2 Å². The molecule has 0 amide bonds. The van der Waals surface area contributed by atoms with Crippen molar-refractivity contribution in [3.8, 4) is 0 Å². The summed E-state index contributed by atoms with van der Waals surface area (Å²) >= 11 is 7.79. The van der Waals surface area contributed by atoms with Gasteiger partial charge in [0.05, 0.1) is 11.9 Å². The summed E-state index contributed by atoms with van der Waals surface area (Å²) in [7, 11) is -7.57. The highest BCUT2D eigenvalue weighted by Gasteiger charge is 2.43. The summed E-state index contributed by atoms with van der Waals surface area (Å²) in [5.74, 6) is -0.152. The smallest absolute Gasteiger partial charge is 0.326 e. The Bertz CT molecular complexity index is 1850. The first-order valence-electron chi connectivity index (χ1n) is 13.3. The quantitative estimate of drug-likeness (QED) is 0.352. The number of amidine groups is 1. The highest BCUT2D eigenvalue weighted by Crippen LogP contribution is 2.46. The number of sulfonamides is 1. The number of hydrogen-bond donors (Lipinski definition) is 2. The molecule has 0 spiro atoms. The van der Waals surface area contributed by atoms with Gasteiger partial charge < -0.3 is 4.90 Å². The zero-order valence-corrected chi connectivity index (χ0v) is 26.1. The predicted octanol–water partition coefficient (Wildman–Crippen LogP) is 2.97. The molecule has 0 saturated carbocycles. The van der Waals surface area contributed by atoms with Crippen molar-refractivity contribution < 1.29 is 30.0 Å². The van der Waals surface area contributed by atoms with E-state index in [1.165, 1.54) is 33.8 Å². The maximum absolute atomic E-state index is 14.0. The largest absolute Gasteiger partial charge is 0.333 e.